The van der Waals surface area contributed by atoms with Gasteiger partial charge in [0.1, 0.15) is 5.82 Å². The molecule has 1 aromatic carbocycles. The highest BCUT2D eigenvalue weighted by atomic mass is 19.1. The normalized spacial score (nSPS) is 21.9. The quantitative estimate of drug-likeness (QED) is 0.875. The standard InChI is InChI=1S/C14H17FN2O3/c1-8-6-17(7-9(8)2)14(20)16-12-4-3-10(13(18)19)5-11(12)15/h3-5,8-9H,6-7H2,1-2H3,(H,16,20)(H,18,19). The van der Waals surface area contributed by atoms with Crippen LogP contribution in [0, 0.1) is 17.7 Å². The highest BCUT2D eigenvalue weighted by Crippen LogP contribution is 2.23. The number of anilines is 1. The summed E-state index contributed by atoms with van der Waals surface area (Å²) in [6.45, 7) is 5.42. The Hall–Kier alpha value is -2.11. The molecule has 2 rings (SSSR count). The average Bonchev–Trinajstić information content (AvgIpc) is 2.72. The second-order valence-corrected chi connectivity index (χ2v) is 5.29. The van der Waals surface area contributed by atoms with Crippen molar-refractivity contribution in [3.8, 4) is 0 Å². The van der Waals surface area contributed by atoms with E-state index in [2.05, 4.69) is 19.2 Å². The summed E-state index contributed by atoms with van der Waals surface area (Å²) in [5, 5.41) is 11.2. The van der Waals surface area contributed by atoms with E-state index in [9.17, 15) is 14.0 Å². The molecule has 1 saturated heterocycles. The van der Waals surface area contributed by atoms with Crippen LogP contribution in [0.25, 0.3) is 0 Å². The molecule has 0 saturated carbocycles. The van der Waals surface area contributed by atoms with Gasteiger partial charge in [-0.2, -0.15) is 0 Å². The van der Waals surface area contributed by atoms with Gasteiger partial charge in [-0.05, 0) is 30.0 Å². The van der Waals surface area contributed by atoms with Crippen LogP contribution in [0.2, 0.25) is 0 Å². The summed E-state index contributed by atoms with van der Waals surface area (Å²) < 4.78 is 13.7. The summed E-state index contributed by atoms with van der Waals surface area (Å²) >= 11 is 0. The molecule has 1 heterocycles. The van der Waals surface area contributed by atoms with E-state index in [-0.39, 0.29) is 17.3 Å². The van der Waals surface area contributed by atoms with E-state index < -0.39 is 11.8 Å². The highest BCUT2D eigenvalue weighted by Gasteiger charge is 2.29. The van der Waals surface area contributed by atoms with Gasteiger partial charge in [-0.3, -0.25) is 0 Å². The number of carbonyl (C=O) groups is 2. The number of halogens is 1. The first-order chi connectivity index (χ1) is 9.38. The zero-order valence-electron chi connectivity index (χ0n) is 11.4. The molecule has 6 heteroatoms. The molecule has 1 aliphatic rings. The van der Waals surface area contributed by atoms with Gasteiger partial charge in [0.15, 0.2) is 0 Å². The topological polar surface area (TPSA) is 69.6 Å². The third kappa shape index (κ3) is 2.89. The Morgan fingerprint density at radius 2 is 1.90 bits per heavy atom. The summed E-state index contributed by atoms with van der Waals surface area (Å²) in [6, 6.07) is 3.06. The van der Waals surface area contributed by atoms with Crippen LogP contribution in [0.3, 0.4) is 0 Å². The summed E-state index contributed by atoms with van der Waals surface area (Å²) in [4.78, 5) is 24.4. The number of hydrogen-bond acceptors (Lipinski definition) is 2. The summed E-state index contributed by atoms with van der Waals surface area (Å²) in [5.41, 5.74) is -0.156. The Morgan fingerprint density at radius 3 is 2.40 bits per heavy atom. The summed E-state index contributed by atoms with van der Waals surface area (Å²) in [7, 11) is 0. The van der Waals surface area contributed by atoms with Crippen molar-refractivity contribution in [1.82, 2.24) is 4.90 Å². The van der Waals surface area contributed by atoms with Gasteiger partial charge in [0.25, 0.3) is 0 Å². The number of hydrogen-bond donors (Lipinski definition) is 2. The summed E-state index contributed by atoms with van der Waals surface area (Å²) in [5.74, 6) is -1.12. The Kier molecular flexibility index (Phi) is 3.92. The maximum atomic E-state index is 13.7. The molecule has 1 aliphatic heterocycles. The predicted octanol–water partition coefficient (Wildman–Crippen LogP) is 2.64. The Labute approximate surface area is 116 Å². The van der Waals surface area contributed by atoms with Gasteiger partial charge in [-0.25, -0.2) is 14.0 Å². The van der Waals surface area contributed by atoms with Crippen molar-refractivity contribution in [2.45, 2.75) is 13.8 Å². The summed E-state index contributed by atoms with van der Waals surface area (Å²) in [6.07, 6.45) is 0. The predicted molar refractivity (Wildman–Crippen MR) is 72.3 cm³/mol. The smallest absolute Gasteiger partial charge is 0.335 e. The number of urea groups is 1. The van der Waals surface area contributed by atoms with Gasteiger partial charge in [0, 0.05) is 13.1 Å². The number of likely N-dealkylation sites (tertiary alicyclic amines) is 1. The second kappa shape index (κ2) is 5.48. The molecule has 0 radical (unpaired) electrons. The first kappa shape index (κ1) is 14.3. The maximum absolute atomic E-state index is 13.7. The Bertz CT molecular complexity index is 537. The molecule has 2 N–H and O–H groups in total. The zero-order chi connectivity index (χ0) is 14.9. The molecule has 0 spiro atoms. The first-order valence-corrected chi connectivity index (χ1v) is 6.47. The van der Waals surface area contributed by atoms with Gasteiger partial charge >= 0.3 is 12.0 Å². The van der Waals surface area contributed by atoms with Crippen LogP contribution in [-0.2, 0) is 0 Å². The average molecular weight is 280 g/mol. The van der Waals surface area contributed by atoms with Gasteiger partial charge in [0.2, 0.25) is 0 Å². The number of nitrogens with zero attached hydrogens (tertiary/aromatic N) is 1. The van der Waals surface area contributed by atoms with Gasteiger partial charge in [0.05, 0.1) is 11.3 Å². The molecule has 2 amide bonds. The zero-order valence-corrected chi connectivity index (χ0v) is 11.4. The Balaban J connectivity index is 2.07. The minimum Gasteiger partial charge on any atom is -0.478 e. The third-order valence-electron chi connectivity index (χ3n) is 3.73. The lowest BCUT2D eigenvalue weighted by atomic mass is 10.0. The van der Waals surface area contributed by atoms with Crippen LogP contribution in [0.1, 0.15) is 24.2 Å². The lowest BCUT2D eigenvalue weighted by molar-refractivity contribution is 0.0696. The van der Waals surface area contributed by atoms with Crippen LogP contribution in [0.4, 0.5) is 14.9 Å². The number of amides is 2. The van der Waals surface area contributed by atoms with E-state index in [1.54, 1.807) is 4.90 Å². The minimum absolute atomic E-state index is 0.00722. The largest absolute Gasteiger partial charge is 0.478 e. The van der Waals surface area contributed by atoms with Crippen molar-refractivity contribution in [2.75, 3.05) is 18.4 Å². The molecule has 5 nitrogen and oxygen atoms in total. The monoisotopic (exact) mass is 280 g/mol. The van der Waals surface area contributed by atoms with E-state index in [1.165, 1.54) is 12.1 Å². The van der Waals surface area contributed by atoms with Crippen LogP contribution in [-0.4, -0.2) is 35.1 Å². The number of rotatable bonds is 2. The van der Waals surface area contributed by atoms with Crippen molar-refractivity contribution in [1.29, 1.82) is 0 Å². The van der Waals surface area contributed by atoms with Gasteiger partial charge in [-0.15, -0.1) is 0 Å². The molecule has 1 fully saturated rings. The Morgan fingerprint density at radius 1 is 1.30 bits per heavy atom. The van der Waals surface area contributed by atoms with Gasteiger partial charge < -0.3 is 15.3 Å². The van der Waals surface area contributed by atoms with E-state index in [0.29, 0.717) is 24.9 Å². The molecular weight excluding hydrogens is 263 g/mol. The second-order valence-electron chi connectivity index (χ2n) is 5.29. The molecule has 108 valence electrons. The molecule has 2 unspecified atom stereocenters. The number of carboxylic acids is 1. The molecule has 0 bridgehead atoms. The van der Waals surface area contributed by atoms with Crippen molar-refractivity contribution in [3.63, 3.8) is 0 Å². The van der Waals surface area contributed by atoms with Gasteiger partial charge in [-0.1, -0.05) is 13.8 Å². The highest BCUT2D eigenvalue weighted by molar-refractivity contribution is 5.92. The lowest BCUT2D eigenvalue weighted by Gasteiger charge is -2.17. The van der Waals surface area contributed by atoms with Crippen LogP contribution in [0.15, 0.2) is 18.2 Å². The van der Waals surface area contributed by atoms with Crippen LogP contribution in [0.5, 0.6) is 0 Å². The molecule has 1 aromatic rings. The number of nitrogens with one attached hydrogen (secondary N) is 1. The fourth-order valence-corrected chi connectivity index (χ4v) is 2.24. The van der Waals surface area contributed by atoms with E-state index in [4.69, 9.17) is 5.11 Å². The molecular formula is C14H17FN2O3. The van der Waals surface area contributed by atoms with Crippen LogP contribution < -0.4 is 5.32 Å². The number of carbonyl (C=O) groups excluding carboxylic acids is 1. The van der Waals surface area contributed by atoms with Crippen molar-refractivity contribution >= 4 is 17.7 Å². The first-order valence-electron chi connectivity index (χ1n) is 6.47. The minimum atomic E-state index is -1.20. The van der Waals surface area contributed by atoms with Crippen molar-refractivity contribution in [3.05, 3.63) is 29.6 Å². The van der Waals surface area contributed by atoms with E-state index in [0.717, 1.165) is 6.07 Å². The lowest BCUT2D eigenvalue weighted by Crippen LogP contribution is -2.33. The third-order valence-corrected chi connectivity index (χ3v) is 3.73. The number of aromatic carboxylic acids is 1. The SMILES string of the molecule is CC1CN(C(=O)Nc2ccc(C(=O)O)cc2F)CC1C. The molecule has 0 aromatic heterocycles. The van der Waals surface area contributed by atoms with E-state index >= 15 is 0 Å². The fraction of sp³-hybridized carbons (Fsp3) is 0.429. The molecule has 0 aliphatic carbocycles. The van der Waals surface area contributed by atoms with Crippen molar-refractivity contribution in [2.24, 2.45) is 11.8 Å². The molecule has 20 heavy (non-hydrogen) atoms. The van der Waals surface area contributed by atoms with E-state index in [1.807, 2.05) is 0 Å². The molecule has 2 atom stereocenters. The number of benzene rings is 1. The van der Waals surface area contributed by atoms with Crippen LogP contribution >= 0.6 is 0 Å². The maximum Gasteiger partial charge on any atom is 0.335 e. The van der Waals surface area contributed by atoms with Crippen molar-refractivity contribution < 1.29 is 19.1 Å². The number of carboxylic acid groups (broad SMARTS) is 1. The fourth-order valence-electron chi connectivity index (χ4n) is 2.24.